The van der Waals surface area contributed by atoms with Gasteiger partial charge in [-0.3, -0.25) is 9.80 Å². The molecule has 2 amide bonds. The van der Waals surface area contributed by atoms with Crippen LogP contribution in [0, 0.1) is 6.92 Å². The minimum atomic E-state index is -1.25. The molecule has 0 spiro atoms. The summed E-state index contributed by atoms with van der Waals surface area (Å²) in [5.41, 5.74) is 1.17. The molecule has 8 heteroatoms. The Bertz CT molecular complexity index is 519. The molecule has 0 aromatic heterocycles. The molecule has 116 valence electrons. The van der Waals surface area contributed by atoms with Crippen molar-refractivity contribution >= 4 is 23.6 Å². The maximum Gasteiger partial charge on any atom is 0.411 e. The lowest BCUT2D eigenvalue weighted by Crippen LogP contribution is -2.34. The van der Waals surface area contributed by atoms with E-state index in [0.29, 0.717) is 11.3 Å². The van der Waals surface area contributed by atoms with Crippen LogP contribution in [0.25, 0.3) is 0 Å². The highest BCUT2D eigenvalue weighted by molar-refractivity contribution is 5.91. The molecule has 0 unspecified atom stereocenters. The molecule has 1 rings (SSSR count). The number of hydrogen-bond acceptors (Lipinski definition) is 4. The van der Waals surface area contributed by atoms with Gasteiger partial charge in [-0.1, -0.05) is 6.07 Å². The van der Waals surface area contributed by atoms with Crippen molar-refractivity contribution in [3.63, 3.8) is 0 Å². The number of amides is 2. The zero-order chi connectivity index (χ0) is 16.0. The normalized spacial score (nSPS) is 10.2. The van der Waals surface area contributed by atoms with Gasteiger partial charge < -0.3 is 20.4 Å². The van der Waals surface area contributed by atoms with Gasteiger partial charge in [-0.05, 0) is 24.6 Å². The van der Waals surface area contributed by atoms with Crippen LogP contribution in [-0.2, 0) is 0 Å². The molecule has 0 heterocycles. The van der Waals surface area contributed by atoms with Crippen LogP contribution >= 0.6 is 0 Å². The van der Waals surface area contributed by atoms with Crippen LogP contribution < -0.4 is 9.80 Å². The fourth-order valence-corrected chi connectivity index (χ4v) is 1.91. The molecular weight excluding hydrogens is 280 g/mol. The first-order valence-electron chi connectivity index (χ1n) is 6.25. The third-order valence-electron chi connectivity index (χ3n) is 2.90. The molecule has 0 aliphatic heterocycles. The van der Waals surface area contributed by atoms with Crippen molar-refractivity contribution in [1.29, 1.82) is 0 Å². The van der Waals surface area contributed by atoms with E-state index in [2.05, 4.69) is 0 Å². The number of anilines is 2. The molecule has 0 atom stereocenters. The van der Waals surface area contributed by atoms with Crippen molar-refractivity contribution in [3.8, 4) is 0 Å². The Morgan fingerprint density at radius 2 is 1.52 bits per heavy atom. The summed E-state index contributed by atoms with van der Waals surface area (Å²) in [7, 11) is 0. The zero-order valence-electron chi connectivity index (χ0n) is 11.6. The second-order valence-electron chi connectivity index (χ2n) is 4.29. The largest absolute Gasteiger partial charge is 0.465 e. The lowest BCUT2D eigenvalue weighted by molar-refractivity contribution is 0.198. The highest BCUT2D eigenvalue weighted by Crippen LogP contribution is 2.27. The van der Waals surface area contributed by atoms with Gasteiger partial charge in [0.1, 0.15) is 0 Å². The number of benzene rings is 1. The van der Waals surface area contributed by atoms with E-state index in [4.69, 9.17) is 20.4 Å². The van der Waals surface area contributed by atoms with Crippen molar-refractivity contribution in [2.45, 2.75) is 6.92 Å². The van der Waals surface area contributed by atoms with E-state index < -0.39 is 12.2 Å². The van der Waals surface area contributed by atoms with E-state index in [-0.39, 0.29) is 32.0 Å². The molecular formula is C13H18N2O6. The Morgan fingerprint density at radius 3 is 2.00 bits per heavy atom. The number of carbonyl (C=O) groups is 2. The summed E-state index contributed by atoms with van der Waals surface area (Å²) in [6, 6.07) is 4.52. The van der Waals surface area contributed by atoms with E-state index >= 15 is 0 Å². The summed E-state index contributed by atoms with van der Waals surface area (Å²) in [6.07, 6.45) is -2.49. The second-order valence-corrected chi connectivity index (χ2v) is 4.29. The van der Waals surface area contributed by atoms with E-state index in [0.717, 1.165) is 9.80 Å². The molecule has 0 saturated heterocycles. The first kappa shape index (κ1) is 16.7. The number of rotatable bonds is 6. The zero-order valence-corrected chi connectivity index (χ0v) is 11.6. The van der Waals surface area contributed by atoms with Crippen molar-refractivity contribution in [2.24, 2.45) is 0 Å². The lowest BCUT2D eigenvalue weighted by atomic mass is 10.1. The maximum atomic E-state index is 11.2. The number of aryl methyl sites for hydroxylation is 1. The molecule has 21 heavy (non-hydrogen) atoms. The molecule has 8 nitrogen and oxygen atoms in total. The summed E-state index contributed by atoms with van der Waals surface area (Å²) >= 11 is 0. The molecule has 0 aliphatic carbocycles. The van der Waals surface area contributed by atoms with Crippen LogP contribution in [0.5, 0.6) is 0 Å². The number of aliphatic hydroxyl groups excluding tert-OH is 2. The Labute approximate surface area is 121 Å². The molecule has 0 bridgehead atoms. The van der Waals surface area contributed by atoms with Gasteiger partial charge >= 0.3 is 12.2 Å². The van der Waals surface area contributed by atoms with Gasteiger partial charge in [0.25, 0.3) is 0 Å². The van der Waals surface area contributed by atoms with E-state index in [1.807, 2.05) is 0 Å². The first-order chi connectivity index (χ1) is 9.92. The summed E-state index contributed by atoms with van der Waals surface area (Å²) < 4.78 is 0. The van der Waals surface area contributed by atoms with Gasteiger partial charge in [0.2, 0.25) is 0 Å². The van der Waals surface area contributed by atoms with E-state index in [1.54, 1.807) is 13.0 Å². The van der Waals surface area contributed by atoms with Crippen LogP contribution in [0.3, 0.4) is 0 Å². The third kappa shape index (κ3) is 4.07. The van der Waals surface area contributed by atoms with Gasteiger partial charge in [0.05, 0.1) is 32.0 Å². The Balaban J connectivity index is 3.24. The van der Waals surface area contributed by atoms with Gasteiger partial charge in [0, 0.05) is 5.69 Å². The lowest BCUT2D eigenvalue weighted by Gasteiger charge is -2.24. The van der Waals surface area contributed by atoms with Gasteiger partial charge in [-0.2, -0.15) is 0 Å². The highest BCUT2D eigenvalue weighted by atomic mass is 16.4. The standard InChI is InChI=1S/C13H18N2O6/c1-9-2-3-10(14(4-6-16)12(18)19)8-11(9)15(5-7-17)13(20)21/h2-3,8,16-17H,4-7H2,1H3,(H,18,19)(H,20,21). The minimum absolute atomic E-state index is 0.118. The number of carboxylic acid groups (broad SMARTS) is 2. The first-order valence-corrected chi connectivity index (χ1v) is 6.25. The predicted molar refractivity (Wildman–Crippen MR) is 76.1 cm³/mol. The van der Waals surface area contributed by atoms with Gasteiger partial charge in [-0.15, -0.1) is 0 Å². The Hall–Kier alpha value is -2.32. The second kappa shape index (κ2) is 7.46. The highest BCUT2D eigenvalue weighted by Gasteiger charge is 2.20. The topological polar surface area (TPSA) is 122 Å². The van der Waals surface area contributed by atoms with Crippen LogP contribution in [0.2, 0.25) is 0 Å². The van der Waals surface area contributed by atoms with E-state index in [9.17, 15) is 9.59 Å². The van der Waals surface area contributed by atoms with E-state index in [1.165, 1.54) is 12.1 Å². The van der Waals surface area contributed by atoms with Crippen molar-refractivity contribution < 1.29 is 30.0 Å². The number of hydrogen-bond donors (Lipinski definition) is 4. The monoisotopic (exact) mass is 298 g/mol. The predicted octanol–water partition coefficient (Wildman–Crippen LogP) is 0.948. The minimum Gasteiger partial charge on any atom is -0.465 e. The molecule has 1 aromatic rings. The molecule has 0 fully saturated rings. The maximum absolute atomic E-state index is 11.2. The van der Waals surface area contributed by atoms with Gasteiger partial charge in [-0.25, -0.2) is 9.59 Å². The molecule has 1 aromatic carbocycles. The van der Waals surface area contributed by atoms with Crippen molar-refractivity contribution in [1.82, 2.24) is 0 Å². The summed E-state index contributed by atoms with van der Waals surface area (Å²) in [6.45, 7) is 0.741. The quantitative estimate of drug-likeness (QED) is 0.620. The summed E-state index contributed by atoms with van der Waals surface area (Å²) in [5, 5.41) is 36.1. The Morgan fingerprint density at radius 1 is 1.00 bits per heavy atom. The Kier molecular flexibility index (Phi) is 5.94. The average molecular weight is 298 g/mol. The van der Waals surface area contributed by atoms with Gasteiger partial charge in [0.15, 0.2) is 0 Å². The van der Waals surface area contributed by atoms with Crippen molar-refractivity contribution in [2.75, 3.05) is 36.1 Å². The number of nitrogens with zero attached hydrogens (tertiary/aromatic N) is 2. The smallest absolute Gasteiger partial charge is 0.411 e. The fourth-order valence-electron chi connectivity index (χ4n) is 1.91. The van der Waals surface area contributed by atoms with Crippen LogP contribution in [0.1, 0.15) is 5.56 Å². The third-order valence-corrected chi connectivity index (χ3v) is 2.90. The van der Waals surface area contributed by atoms with Crippen LogP contribution in [-0.4, -0.2) is 58.9 Å². The van der Waals surface area contributed by atoms with Crippen molar-refractivity contribution in [3.05, 3.63) is 23.8 Å². The summed E-state index contributed by atoms with van der Waals surface area (Å²) in [4.78, 5) is 24.2. The fraction of sp³-hybridized carbons (Fsp3) is 0.385. The molecule has 0 radical (unpaired) electrons. The average Bonchev–Trinajstić information content (AvgIpc) is 2.43. The molecule has 0 aliphatic rings. The van der Waals surface area contributed by atoms with Crippen LogP contribution in [0.4, 0.5) is 21.0 Å². The van der Waals surface area contributed by atoms with Crippen LogP contribution in [0.15, 0.2) is 18.2 Å². The number of aliphatic hydroxyl groups is 2. The summed E-state index contributed by atoms with van der Waals surface area (Å²) in [5.74, 6) is 0. The molecule has 0 saturated carbocycles. The SMILES string of the molecule is Cc1ccc(N(CCO)C(=O)O)cc1N(CCO)C(=O)O. The molecule has 4 N–H and O–H groups in total.